The van der Waals surface area contributed by atoms with Gasteiger partial charge in [0.25, 0.3) is 0 Å². The molecule has 0 aromatic heterocycles. The lowest BCUT2D eigenvalue weighted by Gasteiger charge is -2.44. The van der Waals surface area contributed by atoms with Crippen molar-refractivity contribution >= 4 is 17.5 Å². The molecule has 2 aromatic rings. The fraction of sp³-hybridized carbons (Fsp3) is 0.440. The van der Waals surface area contributed by atoms with Crippen LogP contribution in [0.25, 0.3) is 0 Å². The summed E-state index contributed by atoms with van der Waals surface area (Å²) in [4.78, 5) is 28.1. The van der Waals surface area contributed by atoms with E-state index >= 15 is 0 Å². The van der Waals surface area contributed by atoms with Crippen molar-refractivity contribution in [1.82, 2.24) is 0 Å². The largest absolute Gasteiger partial charge is 0.508 e. The highest BCUT2D eigenvalue weighted by Crippen LogP contribution is 2.59. The summed E-state index contributed by atoms with van der Waals surface area (Å²) in [7, 11) is 0. The summed E-state index contributed by atoms with van der Waals surface area (Å²) in [5.74, 6) is -3.50. The Kier molecular flexibility index (Phi) is 4.87. The SMILES string of the molecule is CCC[C@H]1C[C@@H]2C(=O)N(c3ccccc3)C(=O)[C@@H]2[C@@H]2C[C@@H](c3cccc(O)c3)O[C@]12O. The first-order valence-corrected chi connectivity index (χ1v) is 11.1. The van der Waals surface area contributed by atoms with Gasteiger partial charge in [-0.05, 0) is 49.1 Å². The van der Waals surface area contributed by atoms with Gasteiger partial charge in [-0.2, -0.15) is 0 Å². The van der Waals surface area contributed by atoms with Crippen molar-refractivity contribution in [2.24, 2.45) is 23.7 Å². The Morgan fingerprint density at radius 3 is 2.55 bits per heavy atom. The Hall–Kier alpha value is -2.70. The van der Waals surface area contributed by atoms with Crippen molar-refractivity contribution in [2.45, 2.75) is 44.5 Å². The first-order valence-electron chi connectivity index (χ1n) is 11.1. The van der Waals surface area contributed by atoms with E-state index in [-0.39, 0.29) is 23.5 Å². The van der Waals surface area contributed by atoms with Crippen LogP contribution in [0.3, 0.4) is 0 Å². The van der Waals surface area contributed by atoms with Crippen LogP contribution in [0.1, 0.15) is 44.3 Å². The fourth-order valence-corrected chi connectivity index (χ4v) is 5.92. The zero-order valence-electron chi connectivity index (χ0n) is 17.5. The van der Waals surface area contributed by atoms with Gasteiger partial charge in [-0.25, -0.2) is 0 Å². The third kappa shape index (κ3) is 3.08. The summed E-state index contributed by atoms with van der Waals surface area (Å²) in [5, 5.41) is 21.6. The Labute approximate surface area is 181 Å². The van der Waals surface area contributed by atoms with Crippen LogP contribution in [0.4, 0.5) is 5.69 Å². The number of aromatic hydroxyl groups is 1. The lowest BCUT2D eigenvalue weighted by atomic mass is 9.63. The summed E-state index contributed by atoms with van der Waals surface area (Å²) >= 11 is 0. The summed E-state index contributed by atoms with van der Waals surface area (Å²) in [6.07, 6.45) is 2.00. The van der Waals surface area contributed by atoms with Crippen molar-refractivity contribution in [1.29, 1.82) is 0 Å². The molecule has 1 aliphatic carbocycles. The van der Waals surface area contributed by atoms with E-state index in [1.54, 1.807) is 30.3 Å². The predicted octanol–water partition coefficient (Wildman–Crippen LogP) is 3.78. The van der Waals surface area contributed by atoms with Gasteiger partial charge < -0.3 is 14.9 Å². The number of benzene rings is 2. The van der Waals surface area contributed by atoms with Crippen molar-refractivity contribution in [2.75, 3.05) is 4.90 Å². The van der Waals surface area contributed by atoms with Crippen molar-refractivity contribution in [3.05, 3.63) is 60.2 Å². The number of anilines is 1. The quantitative estimate of drug-likeness (QED) is 0.734. The Balaban J connectivity index is 1.53. The number of phenols is 1. The molecule has 3 fully saturated rings. The summed E-state index contributed by atoms with van der Waals surface area (Å²) in [5.41, 5.74) is 1.34. The monoisotopic (exact) mass is 421 g/mol. The molecule has 6 atom stereocenters. The third-order valence-corrected chi connectivity index (χ3v) is 7.26. The van der Waals surface area contributed by atoms with Crippen molar-refractivity contribution in [3.8, 4) is 5.75 Å². The number of rotatable bonds is 4. The van der Waals surface area contributed by atoms with Gasteiger partial charge in [0.15, 0.2) is 5.79 Å². The molecule has 2 aliphatic heterocycles. The Bertz CT molecular complexity index is 1010. The average Bonchev–Trinajstić information content (AvgIpc) is 3.24. The third-order valence-electron chi connectivity index (χ3n) is 7.26. The van der Waals surface area contributed by atoms with Crippen LogP contribution in [0, 0.1) is 23.7 Å². The summed E-state index contributed by atoms with van der Waals surface area (Å²) in [6.45, 7) is 2.05. The number of ether oxygens (including phenoxy) is 1. The first kappa shape index (κ1) is 20.2. The van der Waals surface area contributed by atoms with Crippen molar-refractivity contribution < 1.29 is 24.5 Å². The second-order valence-electron chi connectivity index (χ2n) is 9.00. The predicted molar refractivity (Wildman–Crippen MR) is 114 cm³/mol. The van der Waals surface area contributed by atoms with E-state index in [1.165, 1.54) is 4.90 Å². The molecule has 0 spiro atoms. The molecule has 31 heavy (non-hydrogen) atoms. The minimum atomic E-state index is -1.46. The van der Waals surface area contributed by atoms with E-state index in [1.807, 2.05) is 31.2 Å². The standard InChI is InChI=1S/C25H27NO5/c1-2-7-16-13-19-22(24(29)26(23(19)28)17-9-4-3-5-10-17)20-14-21(31-25(16,20)30)15-8-6-11-18(27)12-15/h3-6,8-12,16,19-22,27,30H,2,7,13-14H2,1H3/t16-,19-,20-,21-,22-,25+/m0/s1. The summed E-state index contributed by atoms with van der Waals surface area (Å²) in [6, 6.07) is 15.8. The van der Waals surface area contributed by atoms with E-state index in [0.717, 1.165) is 18.4 Å². The molecular weight excluding hydrogens is 394 g/mol. The van der Waals surface area contributed by atoms with E-state index in [9.17, 15) is 19.8 Å². The number of para-hydroxylation sites is 1. The van der Waals surface area contributed by atoms with Gasteiger partial charge in [0.1, 0.15) is 5.75 Å². The number of amides is 2. The number of aliphatic hydroxyl groups is 1. The van der Waals surface area contributed by atoms with Gasteiger partial charge in [0.2, 0.25) is 11.8 Å². The minimum Gasteiger partial charge on any atom is -0.508 e. The molecule has 0 unspecified atom stereocenters. The molecule has 2 heterocycles. The normalized spacial score (nSPS) is 34.6. The number of hydrogen-bond donors (Lipinski definition) is 2. The van der Waals surface area contributed by atoms with Gasteiger partial charge in [-0.1, -0.05) is 43.7 Å². The van der Waals surface area contributed by atoms with Crippen LogP contribution in [-0.4, -0.2) is 27.8 Å². The molecular formula is C25H27NO5. The number of nitrogens with zero attached hydrogens (tertiary/aromatic N) is 1. The van der Waals surface area contributed by atoms with Crippen LogP contribution in [0.15, 0.2) is 54.6 Å². The van der Waals surface area contributed by atoms with Gasteiger partial charge in [-0.15, -0.1) is 0 Å². The lowest BCUT2D eigenvalue weighted by molar-refractivity contribution is -0.270. The number of imide groups is 1. The van der Waals surface area contributed by atoms with Crippen LogP contribution in [-0.2, 0) is 14.3 Å². The van der Waals surface area contributed by atoms with Crippen LogP contribution in [0.5, 0.6) is 5.75 Å². The molecule has 2 aromatic carbocycles. The second kappa shape index (κ2) is 7.46. The van der Waals surface area contributed by atoms with E-state index in [2.05, 4.69) is 0 Å². The van der Waals surface area contributed by atoms with E-state index < -0.39 is 29.6 Å². The van der Waals surface area contributed by atoms with Gasteiger partial charge in [-0.3, -0.25) is 14.5 Å². The zero-order valence-corrected chi connectivity index (χ0v) is 17.5. The maximum absolute atomic E-state index is 13.5. The molecule has 6 nitrogen and oxygen atoms in total. The van der Waals surface area contributed by atoms with E-state index in [4.69, 9.17) is 4.74 Å². The first-order chi connectivity index (χ1) is 14.9. The number of carbonyl (C=O) groups excluding carboxylic acids is 2. The molecule has 6 heteroatoms. The smallest absolute Gasteiger partial charge is 0.238 e. The maximum atomic E-state index is 13.5. The molecule has 5 rings (SSSR count). The van der Waals surface area contributed by atoms with Crippen LogP contribution >= 0.6 is 0 Å². The number of carbonyl (C=O) groups is 2. The summed E-state index contributed by atoms with van der Waals surface area (Å²) < 4.78 is 6.25. The lowest BCUT2D eigenvalue weighted by Crippen LogP contribution is -2.53. The van der Waals surface area contributed by atoms with Gasteiger partial charge in [0, 0.05) is 11.8 Å². The highest BCUT2D eigenvalue weighted by molar-refractivity contribution is 6.22. The highest BCUT2D eigenvalue weighted by Gasteiger charge is 2.66. The van der Waals surface area contributed by atoms with Gasteiger partial charge in [0.05, 0.1) is 23.6 Å². The Morgan fingerprint density at radius 1 is 1.06 bits per heavy atom. The molecule has 2 N–H and O–H groups in total. The van der Waals surface area contributed by atoms with Gasteiger partial charge >= 0.3 is 0 Å². The Morgan fingerprint density at radius 2 is 1.84 bits per heavy atom. The van der Waals surface area contributed by atoms with Crippen LogP contribution < -0.4 is 4.90 Å². The average molecular weight is 421 g/mol. The molecule has 0 radical (unpaired) electrons. The fourth-order valence-electron chi connectivity index (χ4n) is 5.92. The number of phenolic OH excluding ortho intramolecular Hbond substituents is 1. The number of fused-ring (bicyclic) bond motifs is 3. The second-order valence-corrected chi connectivity index (χ2v) is 9.00. The van der Waals surface area contributed by atoms with E-state index in [0.29, 0.717) is 18.5 Å². The zero-order chi connectivity index (χ0) is 21.8. The van der Waals surface area contributed by atoms with Crippen molar-refractivity contribution in [3.63, 3.8) is 0 Å². The highest BCUT2D eigenvalue weighted by atomic mass is 16.6. The maximum Gasteiger partial charge on any atom is 0.238 e. The molecule has 3 aliphatic rings. The van der Waals surface area contributed by atoms with Crippen LogP contribution in [0.2, 0.25) is 0 Å². The molecule has 1 saturated carbocycles. The number of hydrogen-bond acceptors (Lipinski definition) is 5. The molecule has 0 bridgehead atoms. The molecule has 162 valence electrons. The topological polar surface area (TPSA) is 87.1 Å². The molecule has 2 amide bonds. The minimum absolute atomic E-state index is 0.133. The molecule has 2 saturated heterocycles.